The number of aliphatic hydroxyl groups is 1. The number of aromatic carboxylic acids is 4. The Morgan fingerprint density at radius 1 is 0.558 bits per heavy atom. The van der Waals surface area contributed by atoms with Gasteiger partial charge in [0.1, 0.15) is 48.6 Å². The highest BCUT2D eigenvalue weighted by Gasteiger charge is 2.34. The molecule has 26 nitrogen and oxygen atoms in total. The molecule has 0 saturated carbocycles. The Morgan fingerprint density at radius 2 is 1.10 bits per heavy atom. The van der Waals surface area contributed by atoms with Crippen LogP contribution in [0, 0.1) is 5.92 Å². The van der Waals surface area contributed by atoms with E-state index < -0.39 is 23.9 Å². The van der Waals surface area contributed by atoms with Gasteiger partial charge in [0.2, 0.25) is 5.91 Å². The largest absolute Gasteiger partial charge is 0.477 e. The number of aromatic nitrogens is 8. The first-order valence-electron chi connectivity index (χ1n) is 26.5. The molecule has 4 unspecified atom stereocenters. The number of hydrogen-bond donors (Lipinski definition) is 7. The van der Waals surface area contributed by atoms with Gasteiger partial charge in [0.25, 0.3) is 0 Å². The van der Waals surface area contributed by atoms with E-state index in [1.807, 2.05) is 4.90 Å². The molecular formula is C51H72N16O10. The number of nitrogens with one attached hydrogen (secondary N) is 2. The first kappa shape index (κ1) is 57.4. The van der Waals surface area contributed by atoms with Crippen molar-refractivity contribution in [2.24, 2.45) is 5.92 Å². The number of nitrogens with zero attached hydrogens (tertiary/aromatic N) is 14. The molecule has 0 aliphatic carbocycles. The number of piperazine rings is 2. The van der Waals surface area contributed by atoms with Crippen LogP contribution in [-0.4, -0.2) is 232 Å². The standard InChI is InChI=1S/C14H20N4O3.C13H18N4O2.C12H16N4O3.C12H18N4O2/c19-8-10-1-2-11-7-18(4-3-17(11)6-10)13-5-12(14(20)21)15-9-16-13;18-13(19)11-7-12(15-9-14-11)17-6-5-16-4-2-1-3-10(16)8-17;17-11-3-1-5-16(11)6-2-4-13-10-7-9(12(18)19)14-8-15-10;1-16-6-2-3-9(16)4-5-13-11-7-10(12(17)18)14-8-15-11/h5,9-11,19H,1-4,6-8H2,(H,20,21);7,9-10H,1-6,8H2,(H,18,19);7-8H,1-6H2,(H,18,19)(H,13,14,15);7-9H,2-6H2,1H3,(H,17,18)(H,13,14,15). The highest BCUT2D eigenvalue weighted by molar-refractivity contribution is 5.87. The van der Waals surface area contributed by atoms with Crippen LogP contribution in [0.25, 0.3) is 0 Å². The minimum absolute atomic E-state index is 0.0190. The number of carbonyl (C=O) groups is 5. The van der Waals surface area contributed by atoms with Crippen LogP contribution in [0.3, 0.4) is 0 Å². The highest BCUT2D eigenvalue weighted by Crippen LogP contribution is 2.28. The molecular weight excluding hydrogens is 997 g/mol. The minimum Gasteiger partial charge on any atom is -0.477 e. The second-order valence-electron chi connectivity index (χ2n) is 19.9. The number of hydrogen-bond acceptors (Lipinski definition) is 21. The Balaban J connectivity index is 0.000000149. The molecule has 6 aliphatic rings. The van der Waals surface area contributed by atoms with Crippen molar-refractivity contribution in [3.63, 3.8) is 0 Å². The van der Waals surface area contributed by atoms with Gasteiger partial charge in [-0.25, -0.2) is 59.0 Å². The SMILES string of the molecule is CN1CCCC1CCNc1cc(C(=O)O)ncn1.O=C(O)c1cc(N2CCN3CC(CO)CCC3C2)ncn1.O=C(O)c1cc(N2CCN3CCCCC3C2)ncn1.O=C(O)c1cc(NCCCN2CCCC2=O)ncn1. The fraction of sp³-hybridized carbons (Fsp3) is 0.588. The van der Waals surface area contributed by atoms with Gasteiger partial charge in [-0.15, -0.1) is 0 Å². The third kappa shape index (κ3) is 17.1. The van der Waals surface area contributed by atoms with Crippen LogP contribution in [0.1, 0.15) is 113 Å². The first-order valence-corrected chi connectivity index (χ1v) is 26.5. The van der Waals surface area contributed by atoms with Gasteiger partial charge < -0.3 is 55.8 Å². The maximum atomic E-state index is 11.4. The first-order chi connectivity index (χ1) is 37.2. The van der Waals surface area contributed by atoms with Gasteiger partial charge in [0.05, 0.1) is 0 Å². The van der Waals surface area contributed by atoms with E-state index in [9.17, 15) is 29.1 Å². The average molecular weight is 1070 g/mol. The molecule has 7 N–H and O–H groups in total. The second kappa shape index (κ2) is 28.7. The maximum absolute atomic E-state index is 11.4. The van der Waals surface area contributed by atoms with Crippen molar-refractivity contribution in [2.45, 2.75) is 88.8 Å². The molecule has 0 radical (unpaired) electrons. The van der Waals surface area contributed by atoms with Crippen molar-refractivity contribution in [1.82, 2.24) is 59.5 Å². The molecule has 0 aromatic carbocycles. The van der Waals surface area contributed by atoms with Gasteiger partial charge in [-0.2, -0.15) is 0 Å². The Hall–Kier alpha value is -7.29. The number of likely N-dealkylation sites (tertiary alicyclic amines) is 2. The number of carbonyl (C=O) groups excluding carboxylic acids is 1. The third-order valence-electron chi connectivity index (χ3n) is 14.8. The minimum atomic E-state index is -1.08. The molecule has 0 spiro atoms. The van der Waals surface area contributed by atoms with E-state index in [1.54, 1.807) is 6.07 Å². The lowest BCUT2D eigenvalue weighted by molar-refractivity contribution is -0.127. The average Bonchev–Trinajstić information content (AvgIpc) is 4.08. The zero-order valence-corrected chi connectivity index (χ0v) is 43.6. The smallest absolute Gasteiger partial charge is 0.354 e. The summed E-state index contributed by atoms with van der Waals surface area (Å²) in [5.74, 6) is -1.04. The zero-order valence-electron chi connectivity index (χ0n) is 43.6. The maximum Gasteiger partial charge on any atom is 0.354 e. The van der Waals surface area contributed by atoms with Crippen LogP contribution >= 0.6 is 0 Å². The molecule has 6 aliphatic heterocycles. The summed E-state index contributed by atoms with van der Waals surface area (Å²) >= 11 is 0. The van der Waals surface area contributed by atoms with Crippen LogP contribution < -0.4 is 20.4 Å². The Kier molecular flexibility index (Phi) is 21.4. The molecule has 4 aromatic rings. The zero-order chi connectivity index (χ0) is 54.7. The predicted molar refractivity (Wildman–Crippen MR) is 282 cm³/mol. The van der Waals surface area contributed by atoms with Crippen molar-refractivity contribution in [3.05, 3.63) is 72.4 Å². The summed E-state index contributed by atoms with van der Waals surface area (Å²) in [5.41, 5.74) is 0.0835. The van der Waals surface area contributed by atoms with E-state index in [4.69, 9.17) is 20.4 Å². The van der Waals surface area contributed by atoms with Crippen LogP contribution in [-0.2, 0) is 4.79 Å². The van der Waals surface area contributed by atoms with Crippen molar-refractivity contribution in [3.8, 4) is 0 Å². The third-order valence-corrected chi connectivity index (χ3v) is 14.8. The van der Waals surface area contributed by atoms with E-state index in [2.05, 4.69) is 82.1 Å². The Bertz CT molecular complexity index is 2600. The number of amides is 1. The van der Waals surface area contributed by atoms with Crippen LogP contribution in [0.15, 0.2) is 49.6 Å². The molecule has 416 valence electrons. The lowest BCUT2D eigenvalue weighted by Gasteiger charge is -2.46. The molecule has 1 amide bonds. The number of fused-ring (bicyclic) bond motifs is 2. The van der Waals surface area contributed by atoms with Gasteiger partial charge in [0.15, 0.2) is 22.8 Å². The van der Waals surface area contributed by atoms with Gasteiger partial charge in [0, 0.05) is 127 Å². The van der Waals surface area contributed by atoms with Crippen molar-refractivity contribution in [1.29, 1.82) is 0 Å². The van der Waals surface area contributed by atoms with Gasteiger partial charge in [-0.3, -0.25) is 14.6 Å². The number of piperidine rings is 2. The summed E-state index contributed by atoms with van der Waals surface area (Å²) in [6.07, 6.45) is 17.0. The Labute approximate surface area is 447 Å². The summed E-state index contributed by atoms with van der Waals surface area (Å²) in [6.45, 7) is 12.1. The fourth-order valence-electron chi connectivity index (χ4n) is 10.5. The number of rotatable bonds is 16. The van der Waals surface area contributed by atoms with Crippen LogP contribution in [0.5, 0.6) is 0 Å². The summed E-state index contributed by atoms with van der Waals surface area (Å²) in [4.78, 5) is 99.5. The second-order valence-corrected chi connectivity index (χ2v) is 19.9. The summed E-state index contributed by atoms with van der Waals surface area (Å²) in [7, 11) is 2.14. The number of carboxylic acids is 4. The summed E-state index contributed by atoms with van der Waals surface area (Å²) < 4.78 is 0. The molecule has 6 fully saturated rings. The predicted octanol–water partition coefficient (Wildman–Crippen LogP) is 2.59. The summed E-state index contributed by atoms with van der Waals surface area (Å²) in [6, 6.07) is 7.64. The quantitative estimate of drug-likeness (QED) is 0.0793. The Morgan fingerprint density at radius 3 is 1.64 bits per heavy atom. The fourth-order valence-corrected chi connectivity index (χ4v) is 10.5. The van der Waals surface area contributed by atoms with E-state index >= 15 is 0 Å². The number of aliphatic hydroxyl groups excluding tert-OH is 1. The molecule has 6 saturated heterocycles. The lowest BCUT2D eigenvalue weighted by Crippen LogP contribution is -2.57. The molecule has 10 heterocycles. The van der Waals surface area contributed by atoms with Crippen molar-refractivity contribution < 1.29 is 49.5 Å². The number of anilines is 4. The van der Waals surface area contributed by atoms with Gasteiger partial charge in [-0.1, -0.05) is 6.42 Å². The van der Waals surface area contributed by atoms with Crippen LogP contribution in [0.2, 0.25) is 0 Å². The topological polar surface area (TPSA) is 333 Å². The van der Waals surface area contributed by atoms with E-state index in [1.165, 1.54) is 88.7 Å². The van der Waals surface area contributed by atoms with Crippen molar-refractivity contribution >= 4 is 53.1 Å². The molecule has 4 aromatic heterocycles. The molecule has 0 bridgehead atoms. The van der Waals surface area contributed by atoms with Gasteiger partial charge >= 0.3 is 23.9 Å². The van der Waals surface area contributed by atoms with E-state index in [-0.39, 0.29) is 35.3 Å². The van der Waals surface area contributed by atoms with Gasteiger partial charge in [-0.05, 0) is 83.8 Å². The molecule has 4 atom stereocenters. The monoisotopic (exact) mass is 1070 g/mol. The van der Waals surface area contributed by atoms with Crippen molar-refractivity contribution in [2.75, 3.05) is 119 Å². The molecule has 26 heteroatoms. The van der Waals surface area contributed by atoms with E-state index in [0.29, 0.717) is 54.5 Å². The van der Waals surface area contributed by atoms with E-state index in [0.717, 1.165) is 103 Å². The number of carboxylic acid groups (broad SMARTS) is 4. The normalized spacial score (nSPS) is 21.4. The molecule has 77 heavy (non-hydrogen) atoms. The summed E-state index contributed by atoms with van der Waals surface area (Å²) in [5, 5.41) is 51.1. The van der Waals surface area contributed by atoms with Crippen LogP contribution in [0.4, 0.5) is 23.3 Å². The molecule has 10 rings (SSSR count). The highest BCUT2D eigenvalue weighted by atomic mass is 16.4. The lowest BCUT2D eigenvalue weighted by atomic mass is 9.91.